The highest BCUT2D eigenvalue weighted by Crippen LogP contribution is 2.22. The fourth-order valence-corrected chi connectivity index (χ4v) is 2.23. The minimum absolute atomic E-state index is 0.234. The Morgan fingerprint density at radius 2 is 2.05 bits per heavy atom. The molecule has 0 spiro atoms. The Balaban J connectivity index is 2.05. The lowest BCUT2D eigenvalue weighted by molar-refractivity contribution is -0.117. The predicted molar refractivity (Wildman–Crippen MR) is 91.8 cm³/mol. The summed E-state index contributed by atoms with van der Waals surface area (Å²) in [5.74, 6) is 0.666. The minimum Gasteiger partial charge on any atom is -0.370 e. The van der Waals surface area contributed by atoms with Crippen LogP contribution in [-0.4, -0.2) is 22.4 Å². The van der Waals surface area contributed by atoms with Gasteiger partial charge in [-0.15, -0.1) is 0 Å². The van der Waals surface area contributed by atoms with Crippen molar-refractivity contribution in [2.45, 2.75) is 11.3 Å². The summed E-state index contributed by atoms with van der Waals surface area (Å²) < 4.78 is 0.706. The van der Waals surface area contributed by atoms with E-state index in [4.69, 9.17) is 10.9 Å². The van der Waals surface area contributed by atoms with Gasteiger partial charge in [-0.3, -0.25) is 9.93 Å². The SMILES string of the molecule is NSc1ccc(Nc2ncc(Br)c(NCCC(N)=O)n2)cc1. The molecule has 0 aliphatic heterocycles. The van der Waals surface area contributed by atoms with Crippen LogP contribution < -0.4 is 21.5 Å². The van der Waals surface area contributed by atoms with Crippen LogP contribution >= 0.6 is 27.9 Å². The van der Waals surface area contributed by atoms with Gasteiger partial charge in [0, 0.05) is 29.7 Å². The molecule has 9 heteroatoms. The van der Waals surface area contributed by atoms with Gasteiger partial charge in [-0.1, -0.05) is 0 Å². The number of carbonyl (C=O) groups is 1. The highest BCUT2D eigenvalue weighted by Gasteiger charge is 2.06. The molecule has 116 valence electrons. The van der Waals surface area contributed by atoms with E-state index in [1.165, 1.54) is 11.9 Å². The molecule has 7 nitrogen and oxygen atoms in total. The van der Waals surface area contributed by atoms with Crippen molar-refractivity contribution in [2.75, 3.05) is 17.2 Å². The number of rotatable bonds is 7. The van der Waals surface area contributed by atoms with E-state index < -0.39 is 0 Å². The summed E-state index contributed by atoms with van der Waals surface area (Å²) in [5, 5.41) is 11.6. The fourth-order valence-electron chi connectivity index (χ4n) is 1.60. The number of hydrogen-bond donors (Lipinski definition) is 4. The highest BCUT2D eigenvalue weighted by atomic mass is 79.9. The Kier molecular flexibility index (Phi) is 5.99. The van der Waals surface area contributed by atoms with Gasteiger partial charge in [-0.05, 0) is 52.1 Å². The molecule has 1 amide bonds. The van der Waals surface area contributed by atoms with Crippen molar-refractivity contribution in [3.63, 3.8) is 0 Å². The van der Waals surface area contributed by atoms with E-state index in [-0.39, 0.29) is 12.3 Å². The molecule has 0 aliphatic carbocycles. The second-order valence-corrected chi connectivity index (χ2v) is 5.86. The predicted octanol–water partition coefficient (Wildman–Crippen LogP) is 2.24. The molecule has 0 saturated heterocycles. The van der Waals surface area contributed by atoms with E-state index in [0.717, 1.165) is 10.6 Å². The number of nitrogens with one attached hydrogen (secondary N) is 2. The van der Waals surface area contributed by atoms with Crippen LogP contribution in [0, 0.1) is 0 Å². The lowest BCUT2D eigenvalue weighted by Gasteiger charge is -2.10. The van der Waals surface area contributed by atoms with Crippen LogP contribution in [0.4, 0.5) is 17.5 Å². The topological polar surface area (TPSA) is 119 Å². The second-order valence-electron chi connectivity index (χ2n) is 4.30. The minimum atomic E-state index is -0.367. The van der Waals surface area contributed by atoms with E-state index in [2.05, 4.69) is 36.5 Å². The number of nitrogens with zero attached hydrogens (tertiary/aromatic N) is 2. The van der Waals surface area contributed by atoms with E-state index in [1.54, 1.807) is 6.20 Å². The van der Waals surface area contributed by atoms with Gasteiger partial charge in [0.1, 0.15) is 5.82 Å². The Bertz CT molecular complexity index is 651. The summed E-state index contributed by atoms with van der Waals surface area (Å²) in [7, 11) is 0. The molecule has 0 unspecified atom stereocenters. The van der Waals surface area contributed by atoms with Crippen LogP contribution in [-0.2, 0) is 4.79 Å². The maximum absolute atomic E-state index is 10.7. The largest absolute Gasteiger partial charge is 0.370 e. The number of aromatic nitrogens is 2. The molecule has 22 heavy (non-hydrogen) atoms. The molecular formula is C13H15BrN6OS. The van der Waals surface area contributed by atoms with Crippen LogP contribution in [0.3, 0.4) is 0 Å². The van der Waals surface area contributed by atoms with Crippen molar-refractivity contribution in [1.82, 2.24) is 9.97 Å². The first-order chi connectivity index (χ1) is 10.6. The van der Waals surface area contributed by atoms with Crippen molar-refractivity contribution < 1.29 is 4.79 Å². The summed E-state index contributed by atoms with van der Waals surface area (Å²) in [5.41, 5.74) is 5.95. The van der Waals surface area contributed by atoms with Crippen molar-refractivity contribution in [2.24, 2.45) is 10.9 Å². The zero-order chi connectivity index (χ0) is 15.9. The number of primary amides is 1. The number of anilines is 3. The lowest BCUT2D eigenvalue weighted by atomic mass is 10.3. The number of amides is 1. The van der Waals surface area contributed by atoms with Crippen molar-refractivity contribution >= 4 is 51.2 Å². The van der Waals surface area contributed by atoms with Crippen molar-refractivity contribution in [3.8, 4) is 0 Å². The quantitative estimate of drug-likeness (QED) is 0.542. The monoisotopic (exact) mass is 382 g/mol. The van der Waals surface area contributed by atoms with Crippen LogP contribution in [0.1, 0.15) is 6.42 Å². The van der Waals surface area contributed by atoms with Crippen LogP contribution in [0.15, 0.2) is 39.8 Å². The van der Waals surface area contributed by atoms with Crippen LogP contribution in [0.25, 0.3) is 0 Å². The Hall–Kier alpha value is -1.84. The first-order valence-electron chi connectivity index (χ1n) is 6.37. The number of halogens is 1. The third-order valence-corrected chi connectivity index (χ3v) is 3.78. The maximum Gasteiger partial charge on any atom is 0.229 e. The van der Waals surface area contributed by atoms with Gasteiger partial charge in [0.15, 0.2) is 0 Å². The lowest BCUT2D eigenvalue weighted by Crippen LogP contribution is -2.16. The van der Waals surface area contributed by atoms with E-state index in [9.17, 15) is 4.79 Å². The normalized spacial score (nSPS) is 10.3. The van der Waals surface area contributed by atoms with Gasteiger partial charge in [0.05, 0.1) is 4.47 Å². The highest BCUT2D eigenvalue weighted by molar-refractivity contribution is 9.10. The third-order valence-electron chi connectivity index (χ3n) is 2.65. The molecular weight excluding hydrogens is 368 g/mol. The van der Waals surface area contributed by atoms with Gasteiger partial charge in [-0.25, -0.2) is 4.98 Å². The van der Waals surface area contributed by atoms with Gasteiger partial charge < -0.3 is 16.4 Å². The standard InChI is InChI=1S/C13H15BrN6OS/c14-10-7-18-13(20-12(10)17-6-5-11(15)21)19-8-1-3-9(22-16)4-2-8/h1-4,7H,5-6,16H2,(H2,15,21)(H2,17,18,19,20). The molecule has 0 fully saturated rings. The third kappa shape index (κ3) is 4.86. The molecule has 0 atom stereocenters. The molecule has 1 aromatic carbocycles. The first-order valence-corrected chi connectivity index (χ1v) is 8.04. The smallest absolute Gasteiger partial charge is 0.229 e. The second kappa shape index (κ2) is 7.97. The Morgan fingerprint density at radius 1 is 1.32 bits per heavy atom. The van der Waals surface area contributed by atoms with Gasteiger partial charge in [-0.2, -0.15) is 4.98 Å². The molecule has 2 rings (SSSR count). The maximum atomic E-state index is 10.7. The van der Waals surface area contributed by atoms with E-state index >= 15 is 0 Å². The van der Waals surface area contributed by atoms with Gasteiger partial charge >= 0.3 is 0 Å². The number of carbonyl (C=O) groups excluding carboxylic acids is 1. The molecule has 0 saturated carbocycles. The van der Waals surface area contributed by atoms with E-state index in [0.29, 0.717) is 22.8 Å². The average Bonchev–Trinajstić information content (AvgIpc) is 2.51. The average molecular weight is 383 g/mol. The fraction of sp³-hybridized carbons (Fsp3) is 0.154. The number of hydrogen-bond acceptors (Lipinski definition) is 7. The van der Waals surface area contributed by atoms with Crippen molar-refractivity contribution in [3.05, 3.63) is 34.9 Å². The van der Waals surface area contributed by atoms with Crippen LogP contribution in [0.5, 0.6) is 0 Å². The molecule has 2 aromatic rings. The summed E-state index contributed by atoms with van der Waals surface area (Å²) in [6.07, 6.45) is 1.86. The number of nitrogens with two attached hydrogens (primary N) is 2. The molecule has 1 heterocycles. The van der Waals surface area contributed by atoms with Crippen LogP contribution in [0.2, 0.25) is 0 Å². The zero-order valence-corrected chi connectivity index (χ0v) is 13.9. The first kappa shape index (κ1) is 16.5. The van der Waals surface area contributed by atoms with Gasteiger partial charge in [0.2, 0.25) is 11.9 Å². The summed E-state index contributed by atoms with van der Waals surface area (Å²) >= 11 is 4.54. The summed E-state index contributed by atoms with van der Waals surface area (Å²) in [6, 6.07) is 7.58. The molecule has 6 N–H and O–H groups in total. The Labute approximate surface area is 140 Å². The zero-order valence-electron chi connectivity index (χ0n) is 11.5. The van der Waals surface area contributed by atoms with E-state index in [1.807, 2.05) is 24.3 Å². The molecule has 0 aliphatic rings. The van der Waals surface area contributed by atoms with Gasteiger partial charge in [0.25, 0.3) is 0 Å². The summed E-state index contributed by atoms with van der Waals surface area (Å²) in [6.45, 7) is 0.410. The Morgan fingerprint density at radius 3 is 2.68 bits per heavy atom. The molecule has 0 bridgehead atoms. The summed E-state index contributed by atoms with van der Waals surface area (Å²) in [4.78, 5) is 20.3. The molecule has 1 aromatic heterocycles. The van der Waals surface area contributed by atoms with Crippen molar-refractivity contribution in [1.29, 1.82) is 0 Å². The molecule has 0 radical (unpaired) electrons. The number of benzene rings is 1.